The Bertz CT molecular complexity index is 301. The highest BCUT2D eigenvalue weighted by atomic mass is 14.7. The van der Waals surface area contributed by atoms with Crippen molar-refractivity contribution in [2.75, 3.05) is 0 Å². The Morgan fingerprint density at radius 2 is 2.45 bits per heavy atom. The fraction of sp³-hybridized carbons (Fsp3) is 0. The van der Waals surface area contributed by atoms with E-state index in [1.807, 2.05) is 36.6 Å². The minimum Gasteiger partial charge on any atom is -0.362 e. The second kappa shape index (κ2) is 2.58. The molecule has 2 heteroatoms. The van der Waals surface area contributed by atoms with E-state index in [-0.39, 0.29) is 0 Å². The van der Waals surface area contributed by atoms with E-state index in [0.717, 1.165) is 11.4 Å². The summed E-state index contributed by atoms with van der Waals surface area (Å²) in [5.74, 6) is 0. The van der Waals surface area contributed by atoms with Crippen LogP contribution in [0.2, 0.25) is 0 Å². The van der Waals surface area contributed by atoms with Crippen molar-refractivity contribution in [1.29, 1.82) is 0 Å². The Labute approximate surface area is 65.0 Å². The number of rotatable bonds is 1. The van der Waals surface area contributed by atoms with Crippen molar-refractivity contribution in [1.82, 2.24) is 4.98 Å². The molecule has 0 bridgehead atoms. The predicted octanol–water partition coefficient (Wildman–Crippen LogP) is 2.00. The number of hydrogen-bond acceptors (Lipinski definition) is 1. The van der Waals surface area contributed by atoms with Crippen LogP contribution < -0.4 is 0 Å². The van der Waals surface area contributed by atoms with Gasteiger partial charge in [0, 0.05) is 18.1 Å². The average molecular weight is 144 g/mol. The lowest BCUT2D eigenvalue weighted by Gasteiger charge is -1.86. The van der Waals surface area contributed by atoms with Gasteiger partial charge in [-0.05, 0) is 30.4 Å². The van der Waals surface area contributed by atoms with Crippen LogP contribution in [0.25, 0.3) is 6.08 Å². The molecule has 0 aromatic carbocycles. The topological polar surface area (TPSA) is 28.1 Å². The molecule has 2 nitrogen and oxygen atoms in total. The van der Waals surface area contributed by atoms with Gasteiger partial charge in [-0.2, -0.15) is 0 Å². The molecule has 0 aliphatic carbocycles. The van der Waals surface area contributed by atoms with E-state index in [1.165, 1.54) is 0 Å². The first-order chi connectivity index (χ1) is 5.45. The van der Waals surface area contributed by atoms with E-state index in [4.69, 9.17) is 0 Å². The van der Waals surface area contributed by atoms with Crippen molar-refractivity contribution >= 4 is 12.3 Å². The van der Waals surface area contributed by atoms with Gasteiger partial charge < -0.3 is 4.98 Å². The standard InChI is InChI=1S/C9H8N2/c1-3-8(10-5-1)7-9-4-2-6-11-9/h1-7,10H/b9-7-. The summed E-state index contributed by atoms with van der Waals surface area (Å²) >= 11 is 0. The third-order valence-electron chi connectivity index (χ3n) is 1.50. The maximum atomic E-state index is 4.12. The highest BCUT2D eigenvalue weighted by Gasteiger charge is 1.93. The quantitative estimate of drug-likeness (QED) is 0.624. The monoisotopic (exact) mass is 144 g/mol. The van der Waals surface area contributed by atoms with E-state index in [2.05, 4.69) is 9.98 Å². The third kappa shape index (κ3) is 1.29. The molecule has 0 fully saturated rings. The van der Waals surface area contributed by atoms with Crippen LogP contribution in [0.4, 0.5) is 0 Å². The van der Waals surface area contributed by atoms with Crippen LogP contribution in [-0.2, 0) is 0 Å². The summed E-state index contributed by atoms with van der Waals surface area (Å²) in [6.45, 7) is 0. The molecule has 2 rings (SSSR count). The summed E-state index contributed by atoms with van der Waals surface area (Å²) in [4.78, 5) is 7.20. The van der Waals surface area contributed by atoms with E-state index in [9.17, 15) is 0 Å². The Morgan fingerprint density at radius 3 is 3.09 bits per heavy atom. The summed E-state index contributed by atoms with van der Waals surface area (Å²) in [5.41, 5.74) is 2.08. The summed E-state index contributed by atoms with van der Waals surface area (Å²) in [7, 11) is 0. The number of aliphatic imine (C=N–C) groups is 1. The lowest BCUT2D eigenvalue weighted by Crippen LogP contribution is -1.70. The summed E-state index contributed by atoms with van der Waals surface area (Å²) in [6.07, 6.45) is 9.58. The van der Waals surface area contributed by atoms with E-state index in [1.54, 1.807) is 6.21 Å². The number of allylic oxidation sites excluding steroid dienone is 2. The van der Waals surface area contributed by atoms with Gasteiger partial charge in [0.15, 0.2) is 0 Å². The van der Waals surface area contributed by atoms with Crippen molar-refractivity contribution in [2.24, 2.45) is 4.99 Å². The second-order valence-electron chi connectivity index (χ2n) is 2.33. The van der Waals surface area contributed by atoms with Gasteiger partial charge in [0.1, 0.15) is 0 Å². The van der Waals surface area contributed by atoms with E-state index >= 15 is 0 Å². The molecule has 0 saturated heterocycles. The first-order valence-corrected chi connectivity index (χ1v) is 3.51. The highest BCUT2D eigenvalue weighted by molar-refractivity contribution is 5.79. The fourth-order valence-electron chi connectivity index (χ4n) is 0.992. The largest absolute Gasteiger partial charge is 0.362 e. The van der Waals surface area contributed by atoms with Gasteiger partial charge in [0.25, 0.3) is 0 Å². The molecule has 2 heterocycles. The highest BCUT2D eigenvalue weighted by Crippen LogP contribution is 2.09. The molecule has 0 saturated carbocycles. The Kier molecular flexibility index (Phi) is 1.44. The molecule has 0 spiro atoms. The molecule has 0 amide bonds. The summed E-state index contributed by atoms with van der Waals surface area (Å²) in [6, 6.07) is 3.98. The molecule has 1 aliphatic rings. The number of nitrogens with zero attached hydrogens (tertiary/aromatic N) is 1. The maximum absolute atomic E-state index is 4.12. The minimum atomic E-state index is 0.993. The number of hydrogen-bond donors (Lipinski definition) is 1. The fourth-order valence-corrected chi connectivity index (χ4v) is 0.992. The third-order valence-corrected chi connectivity index (χ3v) is 1.50. The lowest BCUT2D eigenvalue weighted by atomic mass is 10.3. The molecular weight excluding hydrogens is 136 g/mol. The Hall–Kier alpha value is -1.57. The molecule has 1 aromatic heterocycles. The molecule has 1 aliphatic heterocycles. The number of H-pyrrole nitrogens is 1. The normalized spacial score (nSPS) is 18.4. The van der Waals surface area contributed by atoms with Gasteiger partial charge in [-0.15, -0.1) is 0 Å². The number of aromatic nitrogens is 1. The van der Waals surface area contributed by atoms with Crippen molar-refractivity contribution in [3.05, 3.63) is 41.9 Å². The van der Waals surface area contributed by atoms with Crippen molar-refractivity contribution in [3.8, 4) is 0 Å². The average Bonchev–Trinajstić information content (AvgIpc) is 2.60. The molecule has 1 N–H and O–H groups in total. The van der Waals surface area contributed by atoms with Gasteiger partial charge in [-0.1, -0.05) is 0 Å². The van der Waals surface area contributed by atoms with Gasteiger partial charge in [0.2, 0.25) is 0 Å². The zero-order valence-electron chi connectivity index (χ0n) is 5.99. The molecule has 0 atom stereocenters. The molecule has 54 valence electrons. The van der Waals surface area contributed by atoms with E-state index in [0.29, 0.717) is 0 Å². The van der Waals surface area contributed by atoms with Gasteiger partial charge in [-0.25, -0.2) is 0 Å². The van der Waals surface area contributed by atoms with Crippen LogP contribution in [0.5, 0.6) is 0 Å². The first kappa shape index (κ1) is 6.16. The molecule has 11 heavy (non-hydrogen) atoms. The number of nitrogens with one attached hydrogen (secondary N) is 1. The summed E-state index contributed by atoms with van der Waals surface area (Å²) in [5, 5.41) is 0. The minimum absolute atomic E-state index is 0.993. The first-order valence-electron chi connectivity index (χ1n) is 3.51. The molecule has 1 aromatic rings. The predicted molar refractivity (Wildman–Crippen MR) is 46.4 cm³/mol. The molecule has 0 radical (unpaired) electrons. The Balaban J connectivity index is 2.28. The zero-order chi connectivity index (χ0) is 7.52. The van der Waals surface area contributed by atoms with Gasteiger partial charge in [0.05, 0.1) is 5.70 Å². The molecule has 0 unspecified atom stereocenters. The summed E-state index contributed by atoms with van der Waals surface area (Å²) < 4.78 is 0. The SMILES string of the molecule is C1=C/C(=C/c2ccc[nH]2)N=C1. The van der Waals surface area contributed by atoms with Crippen LogP contribution in [0.15, 0.2) is 41.2 Å². The van der Waals surface area contributed by atoms with Crippen LogP contribution in [0.3, 0.4) is 0 Å². The van der Waals surface area contributed by atoms with Gasteiger partial charge in [-0.3, -0.25) is 4.99 Å². The van der Waals surface area contributed by atoms with Gasteiger partial charge >= 0.3 is 0 Å². The molecular formula is C9H8N2. The second-order valence-corrected chi connectivity index (χ2v) is 2.33. The zero-order valence-corrected chi connectivity index (χ0v) is 5.99. The van der Waals surface area contributed by atoms with Crippen LogP contribution in [0.1, 0.15) is 5.69 Å². The smallest absolute Gasteiger partial charge is 0.0650 e. The number of aromatic amines is 1. The van der Waals surface area contributed by atoms with Crippen LogP contribution in [-0.4, -0.2) is 11.2 Å². The Morgan fingerprint density at radius 1 is 1.45 bits per heavy atom. The van der Waals surface area contributed by atoms with Crippen LogP contribution >= 0.6 is 0 Å². The van der Waals surface area contributed by atoms with Crippen LogP contribution in [0, 0.1) is 0 Å². The maximum Gasteiger partial charge on any atom is 0.0650 e. The van der Waals surface area contributed by atoms with Crippen molar-refractivity contribution in [2.45, 2.75) is 0 Å². The lowest BCUT2D eigenvalue weighted by molar-refractivity contribution is 1.36. The van der Waals surface area contributed by atoms with Crippen molar-refractivity contribution < 1.29 is 0 Å². The van der Waals surface area contributed by atoms with Crippen molar-refractivity contribution in [3.63, 3.8) is 0 Å². The van der Waals surface area contributed by atoms with E-state index < -0.39 is 0 Å².